The highest BCUT2D eigenvalue weighted by atomic mass is 16.2. The van der Waals surface area contributed by atoms with Crippen molar-refractivity contribution in [2.24, 2.45) is 0 Å². The Hall–Kier alpha value is -2.43. The molecule has 0 saturated heterocycles. The van der Waals surface area contributed by atoms with Crippen LogP contribution in [0.5, 0.6) is 0 Å². The minimum Gasteiger partial charge on any atom is -0.321 e. The highest BCUT2D eigenvalue weighted by molar-refractivity contribution is 6.12. The van der Waals surface area contributed by atoms with E-state index in [1.807, 2.05) is 24.3 Å². The van der Waals surface area contributed by atoms with Crippen molar-refractivity contribution in [3.63, 3.8) is 0 Å². The van der Waals surface area contributed by atoms with Crippen molar-refractivity contribution in [2.45, 2.75) is 19.9 Å². The molecule has 5 heteroatoms. The number of aromatic nitrogens is 2. The molecular weight excluding hydrogens is 252 g/mol. The molecule has 0 N–H and O–H groups in total. The molecule has 0 radical (unpaired) electrons. The molecule has 1 amide bonds. The molecule has 1 aliphatic rings. The lowest BCUT2D eigenvalue weighted by Crippen LogP contribution is -2.27. The smallest absolute Gasteiger partial charge is 0.263 e. The van der Waals surface area contributed by atoms with Gasteiger partial charge in [0.25, 0.3) is 5.91 Å². The van der Waals surface area contributed by atoms with Crippen LogP contribution in [0.2, 0.25) is 0 Å². The summed E-state index contributed by atoms with van der Waals surface area (Å²) in [6.07, 6.45) is 3.07. The van der Waals surface area contributed by atoms with E-state index in [9.17, 15) is 4.79 Å². The molecule has 1 aliphatic heterocycles. The Bertz CT molecular complexity index is 668. The first-order valence-electron chi connectivity index (χ1n) is 6.57. The topological polar surface area (TPSA) is 49.3 Å². The maximum absolute atomic E-state index is 12.6. The summed E-state index contributed by atoms with van der Waals surface area (Å²) in [7, 11) is 1.78. The van der Waals surface area contributed by atoms with Gasteiger partial charge in [0.1, 0.15) is 17.7 Å². The molecule has 0 unspecified atom stereocenters. The van der Waals surface area contributed by atoms with E-state index >= 15 is 0 Å². The predicted octanol–water partition coefficient (Wildman–Crippen LogP) is 2.61. The molecular formula is C15H16N4O. The van der Waals surface area contributed by atoms with Crippen molar-refractivity contribution in [2.75, 3.05) is 16.8 Å². The van der Waals surface area contributed by atoms with Gasteiger partial charge in [-0.3, -0.25) is 4.79 Å². The molecule has 1 aromatic heterocycles. The number of carbonyl (C=O) groups excluding carboxylic acids is 1. The molecule has 0 atom stereocenters. The zero-order valence-corrected chi connectivity index (χ0v) is 11.7. The van der Waals surface area contributed by atoms with Crippen LogP contribution in [-0.2, 0) is 0 Å². The van der Waals surface area contributed by atoms with Gasteiger partial charge >= 0.3 is 0 Å². The molecule has 2 heterocycles. The van der Waals surface area contributed by atoms with Crippen LogP contribution in [0.1, 0.15) is 24.2 Å². The maximum Gasteiger partial charge on any atom is 0.263 e. The van der Waals surface area contributed by atoms with Gasteiger partial charge in [-0.15, -0.1) is 0 Å². The van der Waals surface area contributed by atoms with Gasteiger partial charge in [0, 0.05) is 19.3 Å². The number of nitrogens with zero attached hydrogens (tertiary/aromatic N) is 4. The Morgan fingerprint density at radius 3 is 2.55 bits per heavy atom. The number of fused-ring (bicyclic) bond motifs is 2. The van der Waals surface area contributed by atoms with Crippen LogP contribution in [0.25, 0.3) is 0 Å². The van der Waals surface area contributed by atoms with Crippen molar-refractivity contribution in [1.82, 2.24) is 9.97 Å². The number of anilines is 3. The summed E-state index contributed by atoms with van der Waals surface area (Å²) < 4.78 is 0. The third-order valence-electron chi connectivity index (χ3n) is 3.47. The van der Waals surface area contributed by atoms with Crippen LogP contribution in [0.15, 0.2) is 36.8 Å². The second-order valence-corrected chi connectivity index (χ2v) is 5.08. The van der Waals surface area contributed by atoms with E-state index in [4.69, 9.17) is 0 Å². The predicted molar refractivity (Wildman–Crippen MR) is 78.5 cm³/mol. The molecule has 0 aliphatic carbocycles. The highest BCUT2D eigenvalue weighted by Gasteiger charge is 2.31. The van der Waals surface area contributed by atoms with E-state index in [-0.39, 0.29) is 11.9 Å². The summed E-state index contributed by atoms with van der Waals surface area (Å²) >= 11 is 0. The van der Waals surface area contributed by atoms with Gasteiger partial charge in [0.2, 0.25) is 0 Å². The summed E-state index contributed by atoms with van der Waals surface area (Å²) in [5.41, 5.74) is 2.39. The molecule has 3 rings (SSSR count). The molecule has 0 bridgehead atoms. The zero-order valence-electron chi connectivity index (χ0n) is 11.7. The van der Waals surface area contributed by atoms with Gasteiger partial charge in [-0.2, -0.15) is 0 Å². The van der Waals surface area contributed by atoms with Gasteiger partial charge in [-0.05, 0) is 26.0 Å². The highest BCUT2D eigenvalue weighted by Crippen LogP contribution is 2.39. The first-order valence-corrected chi connectivity index (χ1v) is 6.57. The van der Waals surface area contributed by atoms with Crippen molar-refractivity contribution in [3.05, 3.63) is 42.4 Å². The Morgan fingerprint density at radius 2 is 1.85 bits per heavy atom. The van der Waals surface area contributed by atoms with E-state index in [0.717, 1.165) is 11.4 Å². The Labute approximate surface area is 117 Å². The van der Waals surface area contributed by atoms with Crippen LogP contribution in [-0.4, -0.2) is 29.0 Å². The van der Waals surface area contributed by atoms with E-state index in [2.05, 4.69) is 28.7 Å². The van der Waals surface area contributed by atoms with Gasteiger partial charge in [0.15, 0.2) is 0 Å². The number of amides is 1. The van der Waals surface area contributed by atoms with Crippen LogP contribution >= 0.6 is 0 Å². The lowest BCUT2D eigenvalue weighted by atomic mass is 10.2. The molecule has 1 aromatic carbocycles. The zero-order chi connectivity index (χ0) is 14.3. The fourth-order valence-electron chi connectivity index (χ4n) is 2.54. The van der Waals surface area contributed by atoms with Crippen molar-refractivity contribution < 1.29 is 4.79 Å². The fourth-order valence-corrected chi connectivity index (χ4v) is 2.54. The first-order chi connectivity index (χ1) is 9.61. The summed E-state index contributed by atoms with van der Waals surface area (Å²) in [6, 6.07) is 8.05. The van der Waals surface area contributed by atoms with Gasteiger partial charge in [-0.1, -0.05) is 12.1 Å². The number of carbonyl (C=O) groups is 1. The largest absolute Gasteiger partial charge is 0.321 e. The molecule has 5 nitrogen and oxygen atoms in total. The molecule has 0 saturated carbocycles. The maximum atomic E-state index is 12.6. The quantitative estimate of drug-likeness (QED) is 0.797. The average molecular weight is 268 g/mol. The van der Waals surface area contributed by atoms with E-state index in [1.54, 1.807) is 18.1 Å². The lowest BCUT2D eigenvalue weighted by molar-refractivity contribution is 0.0993. The van der Waals surface area contributed by atoms with E-state index < -0.39 is 0 Å². The third kappa shape index (κ3) is 1.74. The van der Waals surface area contributed by atoms with E-state index in [0.29, 0.717) is 11.4 Å². The number of rotatable bonds is 1. The van der Waals surface area contributed by atoms with Crippen molar-refractivity contribution in [1.29, 1.82) is 0 Å². The number of hydrogen-bond donors (Lipinski definition) is 0. The standard InChI is InChI=1S/C15H16N4O/c1-10(2)19-13-7-5-4-6-12(13)18(3)15(20)11-8-16-9-17-14(11)19/h4-10H,1-3H3. The van der Waals surface area contributed by atoms with Crippen LogP contribution in [0.3, 0.4) is 0 Å². The second kappa shape index (κ2) is 4.59. The van der Waals surface area contributed by atoms with Gasteiger partial charge in [0.05, 0.1) is 11.4 Å². The Kier molecular flexibility index (Phi) is 2.89. The van der Waals surface area contributed by atoms with Crippen LogP contribution < -0.4 is 9.80 Å². The van der Waals surface area contributed by atoms with Gasteiger partial charge < -0.3 is 9.80 Å². The SMILES string of the molecule is CC(C)N1c2ccccc2N(C)C(=O)c2cncnc21. The third-order valence-corrected chi connectivity index (χ3v) is 3.47. The van der Waals surface area contributed by atoms with Crippen LogP contribution in [0.4, 0.5) is 17.2 Å². The Balaban J connectivity index is 2.34. The van der Waals surface area contributed by atoms with Crippen LogP contribution in [0, 0.1) is 0 Å². The number of para-hydroxylation sites is 2. The molecule has 2 aromatic rings. The second-order valence-electron chi connectivity index (χ2n) is 5.08. The Morgan fingerprint density at radius 1 is 1.15 bits per heavy atom. The van der Waals surface area contributed by atoms with E-state index in [1.165, 1.54) is 6.33 Å². The summed E-state index contributed by atoms with van der Waals surface area (Å²) in [5.74, 6) is 0.577. The van der Waals surface area contributed by atoms with Crippen molar-refractivity contribution >= 4 is 23.1 Å². The summed E-state index contributed by atoms with van der Waals surface area (Å²) in [5, 5.41) is 0. The molecule has 0 fully saturated rings. The summed E-state index contributed by atoms with van der Waals surface area (Å²) in [4.78, 5) is 24.6. The molecule has 0 spiro atoms. The van der Waals surface area contributed by atoms with Crippen molar-refractivity contribution in [3.8, 4) is 0 Å². The monoisotopic (exact) mass is 268 g/mol. The number of benzene rings is 1. The number of hydrogen-bond acceptors (Lipinski definition) is 4. The molecule has 102 valence electrons. The minimum atomic E-state index is -0.0869. The first kappa shape index (κ1) is 12.6. The minimum absolute atomic E-state index is 0.0869. The average Bonchev–Trinajstić information content (AvgIpc) is 2.55. The lowest BCUT2D eigenvalue weighted by Gasteiger charge is -2.29. The molecule has 20 heavy (non-hydrogen) atoms. The normalized spacial score (nSPS) is 14.1. The van der Waals surface area contributed by atoms with Gasteiger partial charge in [-0.25, -0.2) is 9.97 Å². The summed E-state index contributed by atoms with van der Waals surface area (Å²) in [6.45, 7) is 4.16. The fraction of sp³-hybridized carbons (Fsp3) is 0.267.